The summed E-state index contributed by atoms with van der Waals surface area (Å²) in [5, 5.41) is 3.11. The molecular formula is C33H36F3N5O. The first-order chi connectivity index (χ1) is 20.1. The molecule has 0 spiro atoms. The van der Waals surface area contributed by atoms with Crippen LogP contribution in [0.15, 0.2) is 72.8 Å². The van der Waals surface area contributed by atoms with Gasteiger partial charge in [-0.05, 0) is 74.6 Å². The monoisotopic (exact) mass is 575 g/mol. The molecule has 0 bridgehead atoms. The van der Waals surface area contributed by atoms with E-state index >= 15 is 0 Å². The van der Waals surface area contributed by atoms with Crippen molar-refractivity contribution in [1.29, 1.82) is 0 Å². The normalized spacial score (nSPS) is 14.6. The van der Waals surface area contributed by atoms with E-state index in [4.69, 9.17) is 4.98 Å². The Labute approximate surface area is 244 Å². The summed E-state index contributed by atoms with van der Waals surface area (Å²) in [7, 11) is 0. The number of alkyl halides is 3. The van der Waals surface area contributed by atoms with Gasteiger partial charge in [0.05, 0.1) is 11.3 Å². The summed E-state index contributed by atoms with van der Waals surface area (Å²) in [5.41, 5.74) is 5.88. The minimum absolute atomic E-state index is 0.0796. The second-order valence-corrected chi connectivity index (χ2v) is 11.1. The highest BCUT2D eigenvalue weighted by atomic mass is 19.4. The number of halogens is 3. The van der Waals surface area contributed by atoms with Gasteiger partial charge in [0.2, 0.25) is 0 Å². The van der Waals surface area contributed by atoms with E-state index in [1.54, 1.807) is 0 Å². The van der Waals surface area contributed by atoms with Gasteiger partial charge in [0, 0.05) is 49.2 Å². The van der Waals surface area contributed by atoms with E-state index in [0.29, 0.717) is 24.5 Å². The molecule has 3 aromatic carbocycles. The van der Waals surface area contributed by atoms with Crippen molar-refractivity contribution in [2.45, 2.75) is 58.9 Å². The Morgan fingerprint density at radius 1 is 0.976 bits per heavy atom. The summed E-state index contributed by atoms with van der Waals surface area (Å²) in [6, 6.07) is 21.0. The SMILES string of the molecule is Cc1ccc(NC(=O)N(Cc2ccccc2)C2CCN(Cc3nc(-c4ccc(C(F)(F)F)cc4)[nH]c3C)CC2)cc1C. The van der Waals surface area contributed by atoms with Crippen molar-refractivity contribution < 1.29 is 18.0 Å². The number of carbonyl (C=O) groups excluding carboxylic acids is 1. The van der Waals surface area contributed by atoms with Gasteiger partial charge in [-0.2, -0.15) is 13.2 Å². The molecule has 0 saturated carbocycles. The summed E-state index contributed by atoms with van der Waals surface area (Å²) in [6.07, 6.45) is -2.73. The number of hydrogen-bond donors (Lipinski definition) is 2. The van der Waals surface area contributed by atoms with Crippen molar-refractivity contribution in [3.63, 3.8) is 0 Å². The van der Waals surface area contributed by atoms with Gasteiger partial charge in [0.1, 0.15) is 5.82 Å². The van der Waals surface area contributed by atoms with Crippen LogP contribution in [0.4, 0.5) is 23.7 Å². The zero-order valence-electron chi connectivity index (χ0n) is 24.1. The number of nitrogens with one attached hydrogen (secondary N) is 2. The summed E-state index contributed by atoms with van der Waals surface area (Å²) in [5.74, 6) is 0.558. The molecule has 0 aliphatic carbocycles. The first-order valence-corrected chi connectivity index (χ1v) is 14.2. The van der Waals surface area contributed by atoms with Gasteiger partial charge < -0.3 is 15.2 Å². The van der Waals surface area contributed by atoms with Crippen molar-refractivity contribution in [1.82, 2.24) is 19.8 Å². The average molecular weight is 576 g/mol. The summed E-state index contributed by atoms with van der Waals surface area (Å²) >= 11 is 0. The van der Waals surface area contributed by atoms with Gasteiger partial charge in [-0.25, -0.2) is 9.78 Å². The number of likely N-dealkylation sites (tertiary alicyclic amines) is 1. The maximum Gasteiger partial charge on any atom is 0.416 e. The highest BCUT2D eigenvalue weighted by Crippen LogP contribution is 2.31. The lowest BCUT2D eigenvalue weighted by atomic mass is 10.0. The van der Waals surface area contributed by atoms with E-state index in [0.717, 1.165) is 66.3 Å². The molecule has 42 heavy (non-hydrogen) atoms. The number of aromatic amines is 1. The number of benzene rings is 3. The number of piperidine rings is 1. The third-order valence-electron chi connectivity index (χ3n) is 8.06. The molecule has 2 heterocycles. The van der Waals surface area contributed by atoms with Gasteiger partial charge in [0.15, 0.2) is 0 Å². The molecule has 1 aliphatic rings. The Balaban J connectivity index is 1.24. The molecule has 1 saturated heterocycles. The van der Waals surface area contributed by atoms with Crippen molar-refractivity contribution >= 4 is 11.7 Å². The number of hydrogen-bond acceptors (Lipinski definition) is 3. The molecule has 2 amide bonds. The third kappa shape index (κ3) is 7.02. The minimum Gasteiger partial charge on any atom is -0.342 e. The number of H-pyrrole nitrogens is 1. The van der Waals surface area contributed by atoms with Crippen LogP contribution >= 0.6 is 0 Å². The average Bonchev–Trinajstić information content (AvgIpc) is 3.34. The lowest BCUT2D eigenvalue weighted by Gasteiger charge is -2.38. The van der Waals surface area contributed by atoms with Crippen LogP contribution in [0.1, 0.15) is 46.5 Å². The van der Waals surface area contributed by atoms with Crippen LogP contribution in [0.25, 0.3) is 11.4 Å². The number of imidazole rings is 1. The lowest BCUT2D eigenvalue weighted by Crippen LogP contribution is -2.48. The van der Waals surface area contributed by atoms with E-state index in [1.165, 1.54) is 17.7 Å². The van der Waals surface area contributed by atoms with Gasteiger partial charge in [-0.15, -0.1) is 0 Å². The van der Waals surface area contributed by atoms with Crippen LogP contribution in [0, 0.1) is 20.8 Å². The Kier molecular flexibility index (Phi) is 8.68. The van der Waals surface area contributed by atoms with Crippen LogP contribution in [0.2, 0.25) is 0 Å². The molecule has 2 N–H and O–H groups in total. The van der Waals surface area contributed by atoms with Gasteiger partial charge >= 0.3 is 12.2 Å². The molecule has 0 unspecified atom stereocenters. The molecular weight excluding hydrogens is 539 g/mol. The molecule has 0 radical (unpaired) electrons. The summed E-state index contributed by atoms with van der Waals surface area (Å²) in [4.78, 5) is 25.8. The number of carbonyl (C=O) groups is 1. The Morgan fingerprint density at radius 3 is 2.31 bits per heavy atom. The topological polar surface area (TPSA) is 64.3 Å². The predicted molar refractivity (Wildman–Crippen MR) is 159 cm³/mol. The highest BCUT2D eigenvalue weighted by Gasteiger charge is 2.31. The van der Waals surface area contributed by atoms with E-state index in [2.05, 4.69) is 22.1 Å². The van der Waals surface area contributed by atoms with Crippen molar-refractivity contribution in [3.05, 3.63) is 106 Å². The van der Waals surface area contributed by atoms with Crippen LogP contribution < -0.4 is 5.32 Å². The number of aromatic nitrogens is 2. The quantitative estimate of drug-likeness (QED) is 0.237. The van der Waals surface area contributed by atoms with Crippen LogP contribution in [0.3, 0.4) is 0 Å². The van der Waals surface area contributed by atoms with Gasteiger partial charge in [-0.3, -0.25) is 4.90 Å². The summed E-state index contributed by atoms with van der Waals surface area (Å²) in [6.45, 7) is 8.78. The zero-order valence-corrected chi connectivity index (χ0v) is 24.1. The van der Waals surface area contributed by atoms with Gasteiger partial charge in [-0.1, -0.05) is 48.5 Å². The van der Waals surface area contributed by atoms with E-state index in [1.807, 2.05) is 67.3 Å². The van der Waals surface area contributed by atoms with Crippen molar-refractivity contribution in [3.8, 4) is 11.4 Å². The molecule has 4 aromatic rings. The number of rotatable bonds is 7. The largest absolute Gasteiger partial charge is 0.416 e. The van der Waals surface area contributed by atoms with Crippen LogP contribution in [-0.4, -0.2) is 44.9 Å². The van der Waals surface area contributed by atoms with Crippen molar-refractivity contribution in [2.75, 3.05) is 18.4 Å². The molecule has 6 nitrogen and oxygen atoms in total. The lowest BCUT2D eigenvalue weighted by molar-refractivity contribution is -0.137. The fourth-order valence-electron chi connectivity index (χ4n) is 5.37. The second-order valence-electron chi connectivity index (χ2n) is 11.1. The standard InChI is InChI=1S/C33H36F3N5O/c1-22-9-14-28(19-23(22)2)38-32(42)41(20-25-7-5-4-6-8-25)29-15-17-40(18-16-29)21-30-24(3)37-31(39-30)26-10-12-27(13-11-26)33(34,35)36/h4-14,19,29H,15-18,20-21H2,1-3H3,(H,37,39)(H,38,42). The smallest absolute Gasteiger partial charge is 0.342 e. The molecule has 1 fully saturated rings. The maximum absolute atomic E-state index is 13.6. The number of urea groups is 1. The molecule has 220 valence electrons. The van der Waals surface area contributed by atoms with E-state index in [9.17, 15) is 18.0 Å². The predicted octanol–water partition coefficient (Wildman–Crippen LogP) is 7.72. The van der Waals surface area contributed by atoms with Crippen LogP contribution in [0.5, 0.6) is 0 Å². The second kappa shape index (κ2) is 12.4. The first kappa shape index (κ1) is 29.4. The molecule has 9 heteroatoms. The Bertz CT molecular complexity index is 1510. The molecule has 5 rings (SSSR count). The number of aryl methyl sites for hydroxylation is 3. The molecule has 1 aromatic heterocycles. The Hall–Kier alpha value is -4.11. The van der Waals surface area contributed by atoms with E-state index in [-0.39, 0.29) is 12.1 Å². The maximum atomic E-state index is 13.6. The van der Waals surface area contributed by atoms with Crippen molar-refractivity contribution in [2.24, 2.45) is 0 Å². The highest BCUT2D eigenvalue weighted by molar-refractivity contribution is 5.89. The number of anilines is 1. The zero-order chi connectivity index (χ0) is 29.9. The fraction of sp³-hybridized carbons (Fsp3) is 0.333. The number of nitrogens with zero attached hydrogens (tertiary/aromatic N) is 3. The Morgan fingerprint density at radius 2 is 1.67 bits per heavy atom. The molecule has 1 aliphatic heterocycles. The first-order valence-electron chi connectivity index (χ1n) is 14.2. The third-order valence-corrected chi connectivity index (χ3v) is 8.06. The molecule has 0 atom stereocenters. The summed E-state index contributed by atoms with van der Waals surface area (Å²) < 4.78 is 38.9. The van der Waals surface area contributed by atoms with Gasteiger partial charge in [0.25, 0.3) is 0 Å². The minimum atomic E-state index is -4.37. The van der Waals surface area contributed by atoms with Crippen LogP contribution in [-0.2, 0) is 19.3 Å². The fourth-order valence-corrected chi connectivity index (χ4v) is 5.37. The van der Waals surface area contributed by atoms with E-state index < -0.39 is 11.7 Å². The number of amides is 2.